The lowest BCUT2D eigenvalue weighted by atomic mass is 9.72. The molecule has 3 N–H and O–H groups in total. The summed E-state index contributed by atoms with van der Waals surface area (Å²) in [6.45, 7) is 4.72. The van der Waals surface area contributed by atoms with Crippen LogP contribution in [-0.2, 0) is 19.2 Å². The molecule has 1 unspecified atom stereocenters. The van der Waals surface area contributed by atoms with Crippen LogP contribution < -0.4 is 20.3 Å². The van der Waals surface area contributed by atoms with Crippen molar-refractivity contribution in [1.29, 1.82) is 0 Å². The van der Waals surface area contributed by atoms with Crippen molar-refractivity contribution in [1.82, 2.24) is 35.3 Å². The van der Waals surface area contributed by atoms with Crippen molar-refractivity contribution < 1.29 is 33.5 Å². The van der Waals surface area contributed by atoms with Gasteiger partial charge in [-0.25, -0.2) is 4.98 Å². The fourth-order valence-corrected chi connectivity index (χ4v) is 9.14. The van der Waals surface area contributed by atoms with E-state index in [1.165, 1.54) is 30.6 Å². The normalized spacial score (nSPS) is 18.6. The molecular formula is C42H37Cl2N9O7. The van der Waals surface area contributed by atoms with E-state index in [1.54, 1.807) is 6.20 Å². The molecule has 0 radical (unpaired) electrons. The minimum absolute atomic E-state index is 0.0104. The third-order valence-electron chi connectivity index (χ3n) is 11.5. The molecule has 4 aliphatic heterocycles. The largest absolute Gasteiger partial charge is 0.486 e. The van der Waals surface area contributed by atoms with Crippen molar-refractivity contribution in [2.24, 2.45) is 5.41 Å². The highest BCUT2D eigenvalue weighted by molar-refractivity contribution is 6.35. The van der Waals surface area contributed by atoms with Gasteiger partial charge in [-0.3, -0.25) is 49.1 Å². The maximum atomic E-state index is 13.1. The van der Waals surface area contributed by atoms with Gasteiger partial charge >= 0.3 is 0 Å². The van der Waals surface area contributed by atoms with Gasteiger partial charge in [-0.15, -0.1) is 0 Å². The van der Waals surface area contributed by atoms with Crippen LogP contribution in [0.5, 0.6) is 5.75 Å². The van der Waals surface area contributed by atoms with Gasteiger partial charge in [0.2, 0.25) is 23.6 Å². The van der Waals surface area contributed by atoms with E-state index >= 15 is 0 Å². The van der Waals surface area contributed by atoms with E-state index in [9.17, 15) is 28.8 Å². The number of ether oxygens (including phenoxy) is 1. The molecule has 0 bridgehead atoms. The molecular weight excluding hydrogens is 813 g/mol. The minimum atomic E-state index is -1.07. The van der Waals surface area contributed by atoms with Crippen LogP contribution in [0.3, 0.4) is 0 Å². The van der Waals surface area contributed by atoms with Crippen molar-refractivity contribution in [2.75, 3.05) is 36.4 Å². The van der Waals surface area contributed by atoms with Crippen LogP contribution in [0.2, 0.25) is 10.0 Å². The maximum absolute atomic E-state index is 13.1. The zero-order chi connectivity index (χ0) is 41.9. The highest BCUT2D eigenvalue weighted by atomic mass is 35.5. The van der Waals surface area contributed by atoms with Gasteiger partial charge in [-0.1, -0.05) is 23.2 Å². The van der Waals surface area contributed by atoms with Gasteiger partial charge in [-0.2, -0.15) is 5.10 Å². The molecule has 3 saturated heterocycles. The van der Waals surface area contributed by atoms with Gasteiger partial charge in [0, 0.05) is 91.6 Å². The van der Waals surface area contributed by atoms with Crippen molar-refractivity contribution in [3.63, 3.8) is 0 Å². The second-order valence-electron chi connectivity index (χ2n) is 15.7. The highest BCUT2D eigenvalue weighted by Gasteiger charge is 2.53. The number of imide groups is 2. The molecule has 16 nitrogen and oxygen atoms in total. The number of piperidine rings is 1. The smallest absolute Gasteiger partial charge is 0.262 e. The first kappa shape index (κ1) is 39.1. The average molecular weight is 851 g/mol. The Morgan fingerprint density at radius 3 is 2.43 bits per heavy atom. The van der Waals surface area contributed by atoms with Gasteiger partial charge in [0.05, 0.1) is 26.7 Å². The minimum Gasteiger partial charge on any atom is -0.486 e. The molecule has 9 rings (SSSR count). The number of rotatable bonds is 11. The molecule has 306 valence electrons. The summed E-state index contributed by atoms with van der Waals surface area (Å²) in [5, 5.41) is 14.3. The first-order valence-electron chi connectivity index (χ1n) is 19.4. The fraction of sp³-hybridized carbons (Fsp3) is 0.310. The summed E-state index contributed by atoms with van der Waals surface area (Å²) in [7, 11) is 0. The zero-order valence-corrected chi connectivity index (χ0v) is 33.7. The Morgan fingerprint density at radius 2 is 1.70 bits per heavy atom. The number of anilines is 2. The van der Waals surface area contributed by atoms with Crippen molar-refractivity contribution in [2.45, 2.75) is 51.2 Å². The molecule has 60 heavy (non-hydrogen) atoms. The number of aromatic nitrogens is 4. The second kappa shape index (κ2) is 15.3. The molecule has 6 amide bonds. The highest BCUT2D eigenvalue weighted by Crippen LogP contribution is 2.42. The van der Waals surface area contributed by atoms with Crippen LogP contribution in [0.15, 0.2) is 67.1 Å². The maximum Gasteiger partial charge on any atom is 0.262 e. The van der Waals surface area contributed by atoms with Crippen LogP contribution in [0.25, 0.3) is 22.2 Å². The Balaban J connectivity index is 0.727. The number of H-pyrrole nitrogens is 1. The molecule has 3 fully saturated rings. The van der Waals surface area contributed by atoms with Crippen LogP contribution in [0.1, 0.15) is 71.4 Å². The number of carbonyl (C=O) groups is 6. The SMILES string of the molecule is C[C@@H](Oc1ccc2[nH]nc(-c3ccc(N4CC5(CN(C(=O)CCCC(=O)Nc6ccc7c(c6)C(=O)N(C6CCC(=O)NC6=O)C7=O)C5)C4)nc3)c2c1)c1c(Cl)cncc1Cl. The number of carbonyl (C=O) groups excluding carboxylic acids is 6. The van der Waals surface area contributed by atoms with Gasteiger partial charge in [0.1, 0.15) is 29.4 Å². The van der Waals surface area contributed by atoms with Gasteiger partial charge in [-0.05, 0) is 68.3 Å². The Kier molecular flexibility index (Phi) is 9.99. The summed E-state index contributed by atoms with van der Waals surface area (Å²) in [5.41, 5.74) is 3.62. The lowest BCUT2D eigenvalue weighted by Gasteiger charge is -2.60. The third-order valence-corrected chi connectivity index (χ3v) is 12.1. The quantitative estimate of drug-likeness (QED) is 0.145. The number of amides is 6. The van der Waals surface area contributed by atoms with Crippen LogP contribution in [0, 0.1) is 5.41 Å². The predicted molar refractivity (Wildman–Crippen MR) is 219 cm³/mol. The number of fused-ring (bicyclic) bond motifs is 2. The number of nitrogens with one attached hydrogen (secondary N) is 3. The molecule has 3 aromatic heterocycles. The monoisotopic (exact) mass is 849 g/mol. The van der Waals surface area contributed by atoms with E-state index in [4.69, 9.17) is 32.9 Å². The zero-order valence-electron chi connectivity index (χ0n) is 32.2. The number of pyridine rings is 2. The van der Waals surface area contributed by atoms with E-state index < -0.39 is 35.8 Å². The predicted octanol–water partition coefficient (Wildman–Crippen LogP) is 5.33. The van der Waals surface area contributed by atoms with E-state index in [0.29, 0.717) is 46.6 Å². The van der Waals surface area contributed by atoms with E-state index in [2.05, 4.69) is 30.7 Å². The Bertz CT molecular complexity index is 2600. The first-order valence-corrected chi connectivity index (χ1v) is 20.2. The van der Waals surface area contributed by atoms with Gasteiger partial charge in [0.15, 0.2) is 0 Å². The number of aromatic amines is 1. The van der Waals surface area contributed by atoms with Gasteiger partial charge < -0.3 is 19.9 Å². The topological polar surface area (TPSA) is 200 Å². The average Bonchev–Trinajstić information content (AvgIpc) is 3.71. The summed E-state index contributed by atoms with van der Waals surface area (Å²) in [4.78, 5) is 89.3. The molecule has 0 saturated carbocycles. The standard InChI is InChI=1S/C42H37Cl2N9O7/c1-22(37-29(43)16-45-17-30(37)44)60-25-7-9-31-28(14-25)38(50-49-31)23-5-11-33(46-15-23)51-18-42(19-51)20-52(21-42)36(56)4-2-3-34(54)47-24-6-8-26-27(13-24)41(59)53(40(26)58)32-10-12-35(55)48-39(32)57/h5-9,11,13-17,22,32H,2-4,10,12,18-21H2,1H3,(H,47,54)(H,49,50)(H,48,55,57)/t22-,32?/m1/s1. The molecule has 2 atom stereocenters. The number of likely N-dealkylation sites (tertiary alicyclic amines) is 1. The molecule has 4 aliphatic rings. The Morgan fingerprint density at radius 1 is 0.933 bits per heavy atom. The number of hydrogen-bond donors (Lipinski definition) is 3. The summed E-state index contributed by atoms with van der Waals surface area (Å²) in [5.74, 6) is -1.30. The third kappa shape index (κ3) is 7.19. The van der Waals surface area contributed by atoms with Crippen LogP contribution in [0.4, 0.5) is 11.5 Å². The number of nitrogens with zero attached hydrogens (tertiary/aromatic N) is 6. The number of halogens is 2. The fourth-order valence-electron chi connectivity index (χ4n) is 8.47. The van der Waals surface area contributed by atoms with E-state index in [-0.39, 0.29) is 54.0 Å². The molecule has 1 spiro atoms. The Hall–Kier alpha value is -6.39. The summed E-state index contributed by atoms with van der Waals surface area (Å²) < 4.78 is 6.21. The summed E-state index contributed by atoms with van der Waals surface area (Å²) in [6, 6.07) is 12.9. The number of hydrogen-bond acceptors (Lipinski definition) is 11. The lowest BCUT2D eigenvalue weighted by Crippen LogP contribution is -2.73. The van der Waals surface area contributed by atoms with Gasteiger partial charge in [0.25, 0.3) is 11.8 Å². The van der Waals surface area contributed by atoms with Crippen molar-refractivity contribution >= 4 is 81.1 Å². The van der Waals surface area contributed by atoms with Crippen LogP contribution >= 0.6 is 23.2 Å². The first-order chi connectivity index (χ1) is 28.9. The Labute approximate surface area is 352 Å². The lowest BCUT2D eigenvalue weighted by molar-refractivity contribution is -0.145. The van der Waals surface area contributed by atoms with Crippen molar-refractivity contribution in [3.05, 3.63) is 93.9 Å². The van der Waals surface area contributed by atoms with Crippen LogP contribution in [-0.4, -0.2) is 97.6 Å². The molecule has 0 aliphatic carbocycles. The van der Waals surface area contributed by atoms with E-state index in [1.807, 2.05) is 42.2 Å². The summed E-state index contributed by atoms with van der Waals surface area (Å²) >= 11 is 12.7. The van der Waals surface area contributed by atoms with E-state index in [0.717, 1.165) is 46.0 Å². The number of benzene rings is 2. The second-order valence-corrected chi connectivity index (χ2v) is 16.5. The summed E-state index contributed by atoms with van der Waals surface area (Å²) in [6.07, 6.45) is 5.19. The molecule has 2 aromatic carbocycles. The molecule has 7 heterocycles. The molecule has 5 aromatic rings. The van der Waals surface area contributed by atoms with Crippen molar-refractivity contribution in [3.8, 4) is 17.0 Å². The molecule has 18 heteroatoms.